The summed E-state index contributed by atoms with van der Waals surface area (Å²) in [6.07, 6.45) is -14.7. The van der Waals surface area contributed by atoms with E-state index in [4.69, 9.17) is 0 Å². The largest absolute Gasteiger partial charge is 0.422 e. The first-order valence-corrected chi connectivity index (χ1v) is 35.6. The highest BCUT2D eigenvalue weighted by Crippen LogP contribution is 2.42. The van der Waals surface area contributed by atoms with Crippen LogP contribution in [0.1, 0.15) is 133 Å². The van der Waals surface area contributed by atoms with Crippen molar-refractivity contribution in [1.29, 1.82) is 0 Å². The first-order chi connectivity index (χ1) is 49.9. The average Bonchev–Trinajstić information content (AvgIpc) is 1.65. The number of rotatable bonds is 10. The number of likely N-dealkylation sites (N-methyl/N-ethyl adjacent to an activating group) is 7. The zero-order valence-corrected chi connectivity index (χ0v) is 61.7. The molecule has 4 fully saturated rings. The van der Waals surface area contributed by atoms with Gasteiger partial charge in [0.05, 0.1) is 31.0 Å². The summed E-state index contributed by atoms with van der Waals surface area (Å²) in [6, 6.07) is -9.23. The molecule has 0 unspecified atom stereocenters. The van der Waals surface area contributed by atoms with Gasteiger partial charge in [-0.25, -0.2) is 8.78 Å². The average molecular weight is 1530 g/mol. The first kappa shape index (κ1) is 85.3. The van der Waals surface area contributed by atoms with Crippen LogP contribution in [0.3, 0.4) is 0 Å². The highest BCUT2D eigenvalue weighted by atomic mass is 19.4. The number of fused-ring (bicyclic) bond motifs is 3. The van der Waals surface area contributed by atoms with Crippen LogP contribution in [-0.2, 0) is 82.7 Å². The molecule has 2 bridgehead atoms. The molecular formula is C72H95F11N12O12. The molecule has 7 rings (SSSR count). The number of carbonyl (C=O) groups excluding carboxylic acids is 12. The van der Waals surface area contributed by atoms with E-state index in [0.717, 1.165) is 58.4 Å². The van der Waals surface area contributed by atoms with Gasteiger partial charge in [0, 0.05) is 75.9 Å². The van der Waals surface area contributed by atoms with Crippen molar-refractivity contribution in [2.24, 2.45) is 17.8 Å². The van der Waals surface area contributed by atoms with E-state index in [-0.39, 0.29) is 69.2 Å². The Balaban J connectivity index is 1.35. The molecule has 2 aromatic rings. The van der Waals surface area contributed by atoms with Crippen molar-refractivity contribution in [2.45, 2.75) is 196 Å². The number of nitrogens with zero attached hydrogens (tertiary/aromatic N) is 9. The third kappa shape index (κ3) is 19.9. The van der Waals surface area contributed by atoms with Gasteiger partial charge in [-0.3, -0.25) is 57.5 Å². The number of amides is 12. The van der Waals surface area contributed by atoms with Crippen LogP contribution in [0.25, 0.3) is 0 Å². The monoisotopic (exact) mass is 1530 g/mol. The lowest BCUT2D eigenvalue weighted by atomic mass is 9.74. The molecule has 592 valence electrons. The molecule has 35 heteroatoms. The number of hydrogen-bond acceptors (Lipinski definition) is 12. The maximum atomic E-state index is 15.3. The number of halogens is 11. The summed E-state index contributed by atoms with van der Waals surface area (Å²) < 4.78 is 159. The molecule has 2 saturated heterocycles. The fourth-order valence-corrected chi connectivity index (χ4v) is 14.7. The lowest BCUT2D eigenvalue weighted by Gasteiger charge is -2.46. The van der Waals surface area contributed by atoms with Gasteiger partial charge in [0.25, 0.3) is 0 Å². The van der Waals surface area contributed by atoms with E-state index in [1.165, 1.54) is 49.3 Å². The molecule has 5 aliphatic rings. The van der Waals surface area contributed by atoms with Crippen molar-refractivity contribution in [3.8, 4) is 0 Å². The van der Waals surface area contributed by atoms with E-state index < -0.39 is 241 Å². The summed E-state index contributed by atoms with van der Waals surface area (Å²) >= 11 is 0. The maximum Gasteiger partial charge on any atom is 0.422 e. The van der Waals surface area contributed by atoms with Crippen molar-refractivity contribution in [2.75, 3.05) is 82.6 Å². The van der Waals surface area contributed by atoms with Crippen LogP contribution >= 0.6 is 0 Å². The Morgan fingerprint density at radius 3 is 1.79 bits per heavy atom. The summed E-state index contributed by atoms with van der Waals surface area (Å²) in [4.78, 5) is 187. The van der Waals surface area contributed by atoms with Crippen molar-refractivity contribution in [3.05, 3.63) is 82.4 Å². The molecule has 2 aliphatic carbocycles. The van der Waals surface area contributed by atoms with Gasteiger partial charge < -0.3 is 60.0 Å². The van der Waals surface area contributed by atoms with Crippen molar-refractivity contribution >= 4 is 70.9 Å². The molecule has 24 nitrogen and oxygen atoms in total. The number of alkyl halides is 9. The van der Waals surface area contributed by atoms with Gasteiger partial charge in [-0.1, -0.05) is 64.3 Å². The Morgan fingerprint density at radius 1 is 0.645 bits per heavy atom. The molecule has 1 spiro atoms. The van der Waals surface area contributed by atoms with Crippen molar-refractivity contribution < 1.29 is 106 Å². The molecule has 12 amide bonds. The third-order valence-corrected chi connectivity index (χ3v) is 21.5. The molecule has 2 saturated carbocycles. The number of hydrogen-bond donors (Lipinski definition) is 3. The van der Waals surface area contributed by atoms with Crippen LogP contribution in [0.5, 0.6) is 0 Å². The van der Waals surface area contributed by atoms with E-state index in [0.29, 0.717) is 42.7 Å². The molecule has 3 heterocycles. The summed E-state index contributed by atoms with van der Waals surface area (Å²) in [7, 11) is 10.0. The smallest absolute Gasteiger partial charge is 0.347 e. The Labute approximate surface area is 613 Å². The standard InChI is InChI=1S/C72H95F11N12O12/c1-12-40(3)58-66(105)89(7)39-56(98)91(9)50-22-15-14-18-31-94(65(50)104)53(34-41-23-26-44(27-24-41)70(75,76)77)64(103)88(6)38-54(96)84-48(28-25-42-32-46(73)57(47(74)33-42)72(81,82)83)62(101)95-37-45(71(78,79)80)35-51(95)61(100)86-69(29-19-30-69)68(107)93(11)59(43-20-16-17-21-43)67(106)92(10)52(63(102)87(4)5)36-55(97)90(8)49(13-2)60(99)85-58/h14-15,23-24,26-27,32-33,40,43,45,48-53,58-59H,12-13,16-22,25,28-31,34-39H2,1-11H3,(H,84,96)(H,85,99)(H,86,100)/b15-14-/t40-,45+,48+,49-,50-,51-,52-,53-,58-,59-/m0/s1. The molecule has 107 heavy (non-hydrogen) atoms. The summed E-state index contributed by atoms with van der Waals surface area (Å²) in [6.45, 7) is 1.49. The van der Waals surface area contributed by atoms with Crippen LogP contribution in [-0.4, -0.2) is 258 Å². The van der Waals surface area contributed by atoms with Gasteiger partial charge in [0.1, 0.15) is 71.1 Å². The summed E-state index contributed by atoms with van der Waals surface area (Å²) in [5.74, 6) is -19.9. The topological polar surface area (TPSA) is 270 Å². The lowest BCUT2D eigenvalue weighted by molar-refractivity contribution is -0.171. The minimum absolute atomic E-state index is 0.0328. The number of benzene rings is 2. The van der Waals surface area contributed by atoms with E-state index in [9.17, 15) is 55.1 Å². The fourth-order valence-electron chi connectivity index (χ4n) is 14.7. The highest BCUT2D eigenvalue weighted by molar-refractivity contribution is 6.01. The van der Waals surface area contributed by atoms with Gasteiger partial charge >= 0.3 is 18.5 Å². The van der Waals surface area contributed by atoms with Crippen molar-refractivity contribution in [1.82, 2.24) is 60.0 Å². The quantitative estimate of drug-likeness (QED) is 0.186. The van der Waals surface area contributed by atoms with Crippen molar-refractivity contribution in [3.63, 3.8) is 0 Å². The summed E-state index contributed by atoms with van der Waals surface area (Å²) in [5.41, 5.74) is -5.88. The molecule has 2 aromatic carbocycles. The molecule has 10 atom stereocenters. The molecule has 0 radical (unpaired) electrons. The number of aryl methyl sites for hydroxylation is 1. The second-order valence-corrected chi connectivity index (χ2v) is 29.0. The number of carbonyl (C=O) groups is 12. The van der Waals surface area contributed by atoms with Crippen LogP contribution in [0.2, 0.25) is 0 Å². The third-order valence-electron chi connectivity index (χ3n) is 21.5. The molecule has 3 aliphatic heterocycles. The predicted octanol–water partition coefficient (Wildman–Crippen LogP) is 5.88. The summed E-state index contributed by atoms with van der Waals surface area (Å²) in [5, 5.41) is 7.62. The van der Waals surface area contributed by atoms with Gasteiger partial charge in [0.2, 0.25) is 70.9 Å². The van der Waals surface area contributed by atoms with Crippen LogP contribution in [0, 0.1) is 29.4 Å². The zero-order chi connectivity index (χ0) is 79.9. The van der Waals surface area contributed by atoms with Crippen LogP contribution < -0.4 is 16.0 Å². The van der Waals surface area contributed by atoms with E-state index in [2.05, 4.69) is 16.0 Å². The van der Waals surface area contributed by atoms with E-state index in [1.807, 2.05) is 0 Å². The Kier molecular flexibility index (Phi) is 27.9. The van der Waals surface area contributed by atoms with Gasteiger partial charge in [-0.2, -0.15) is 39.5 Å². The Bertz CT molecular complexity index is 3660. The SMILES string of the molecule is CC[C@H](C)[C@@H]1NC(=O)[C@H](CC)N(C)C(=O)C[C@@H](C(=O)N(C)C)N(C)C(=O)[C@H](C2CCCC2)N(C)C(=O)C2(CCC2)NC(=O)[C@@H]2C[C@@H](C(F)(F)F)CN2C(=O)[C@@H](CCc2cc(F)c(C(F)(F)F)c(F)c2)NC(=O)CN(C)C(=O)[C@H](Cc2ccc(C(F)(F)F)cc2)N2CC/C=C\C[C@@H](C2=O)N(C)C(=O)CN(C)C1=O. The minimum atomic E-state index is -5.54. The molecule has 0 aromatic heterocycles. The highest BCUT2D eigenvalue weighted by Gasteiger charge is 2.56. The fraction of sp³-hybridized carbons (Fsp3) is 0.639. The molecule has 3 N–H and O–H groups in total. The molecular weight excluding hydrogens is 1430 g/mol. The second kappa shape index (κ2) is 35.0. The van der Waals surface area contributed by atoms with Gasteiger partial charge in [-0.15, -0.1) is 0 Å². The van der Waals surface area contributed by atoms with Crippen LogP contribution in [0.15, 0.2) is 48.6 Å². The minimum Gasteiger partial charge on any atom is -0.347 e. The first-order valence-electron chi connectivity index (χ1n) is 35.6. The lowest BCUT2D eigenvalue weighted by Crippen LogP contribution is -2.68. The zero-order valence-electron chi connectivity index (χ0n) is 61.7. The van der Waals surface area contributed by atoms with Gasteiger partial charge in [0.15, 0.2) is 0 Å². The predicted molar refractivity (Wildman–Crippen MR) is 363 cm³/mol. The van der Waals surface area contributed by atoms with Crippen LogP contribution in [0.4, 0.5) is 48.3 Å². The van der Waals surface area contributed by atoms with E-state index >= 15 is 50.7 Å². The second-order valence-electron chi connectivity index (χ2n) is 29.0. The normalized spacial score (nSPS) is 26.3. The van der Waals surface area contributed by atoms with Gasteiger partial charge in [-0.05, 0) is 118 Å². The van der Waals surface area contributed by atoms with E-state index in [1.54, 1.807) is 32.9 Å². The Hall–Kier alpha value is -8.95. The number of nitrogens with one attached hydrogen (secondary N) is 3. The Morgan fingerprint density at radius 2 is 1.25 bits per heavy atom. The maximum absolute atomic E-state index is 15.3.